The molecule has 0 atom stereocenters. The van der Waals surface area contributed by atoms with Gasteiger partial charge in [0.15, 0.2) is 0 Å². The molecular weight excluding hydrogens is 724 g/mol. The maximum atomic E-state index is 4.90. The second-order valence-corrected chi connectivity index (χ2v) is 10.3. The van der Waals surface area contributed by atoms with Crippen LogP contribution in [0.4, 0.5) is 0 Å². The summed E-state index contributed by atoms with van der Waals surface area (Å²) in [6, 6.07) is 37.2. The smallest absolute Gasteiger partial charge is 0.760 e. The second kappa shape index (κ2) is 12.4. The van der Waals surface area contributed by atoms with Gasteiger partial charge in [-0.15, -0.1) is 0 Å². The number of fused-ring (bicyclic) bond motifs is 4. The Bertz CT molecular complexity index is 1850. The molecule has 0 bridgehead atoms. The Labute approximate surface area is 264 Å². The first-order valence-corrected chi connectivity index (χ1v) is 13.7. The summed E-state index contributed by atoms with van der Waals surface area (Å²) in [5.74, 6) is 0. The summed E-state index contributed by atoms with van der Waals surface area (Å²) < 4.78 is 0. The predicted octanol–water partition coefficient (Wildman–Crippen LogP) is 8.17. The quantitative estimate of drug-likeness (QED) is 0.132. The van der Waals surface area contributed by atoms with Gasteiger partial charge in [0.2, 0.25) is 0 Å². The molecule has 0 amide bonds. The minimum absolute atomic E-state index is 0. The molecule has 41 heavy (non-hydrogen) atoms. The number of aromatic nitrogens is 4. The molecule has 7 aromatic rings. The van der Waals surface area contributed by atoms with Crippen molar-refractivity contribution in [2.24, 2.45) is 0 Å². The normalized spacial score (nSPS) is 10.7. The molecular formula is C34H24N4PtS2. The van der Waals surface area contributed by atoms with Crippen molar-refractivity contribution in [3.63, 3.8) is 0 Å². The van der Waals surface area contributed by atoms with E-state index in [0.29, 0.717) is 10.1 Å². The molecule has 0 unspecified atom stereocenters. The third-order valence-corrected chi connectivity index (χ3v) is 7.39. The number of pyridine rings is 2. The summed E-state index contributed by atoms with van der Waals surface area (Å²) >= 11 is 9.81. The first-order valence-electron chi connectivity index (χ1n) is 12.9. The van der Waals surface area contributed by atoms with Gasteiger partial charge in [0.1, 0.15) is 0 Å². The van der Waals surface area contributed by atoms with Gasteiger partial charge >= 0.3 is 21.1 Å². The Morgan fingerprint density at radius 1 is 0.463 bits per heavy atom. The van der Waals surface area contributed by atoms with Crippen LogP contribution in [0, 0.1) is 13.8 Å². The largest absolute Gasteiger partial charge is 2.00 e. The molecule has 0 aliphatic rings. The van der Waals surface area contributed by atoms with Crippen molar-refractivity contribution in [2.75, 3.05) is 0 Å². The molecule has 7 heteroatoms. The minimum atomic E-state index is 0. The topological polar surface area (TPSA) is 51.6 Å². The molecule has 0 spiro atoms. The molecule has 202 valence electrons. The van der Waals surface area contributed by atoms with Gasteiger partial charge < -0.3 is 25.3 Å². The van der Waals surface area contributed by atoms with Gasteiger partial charge in [0.25, 0.3) is 0 Å². The molecule has 3 heterocycles. The Morgan fingerprint density at radius 2 is 0.829 bits per heavy atom. The number of rotatable bonds is 2. The van der Waals surface area contributed by atoms with Gasteiger partial charge in [-0.25, -0.2) is 0 Å². The number of para-hydroxylation sites is 2. The van der Waals surface area contributed by atoms with Crippen molar-refractivity contribution < 1.29 is 21.1 Å². The molecule has 0 fully saturated rings. The van der Waals surface area contributed by atoms with Crippen LogP contribution in [0.25, 0.3) is 55.1 Å². The number of hydrogen-bond acceptors (Lipinski definition) is 6. The molecule has 0 radical (unpaired) electrons. The summed E-state index contributed by atoms with van der Waals surface area (Å²) in [6.45, 7) is 4.11. The monoisotopic (exact) mass is 747 g/mol. The fourth-order valence-electron chi connectivity index (χ4n) is 4.91. The van der Waals surface area contributed by atoms with E-state index in [1.165, 1.54) is 22.3 Å². The van der Waals surface area contributed by atoms with E-state index in [-0.39, 0.29) is 21.1 Å². The average molecular weight is 748 g/mol. The van der Waals surface area contributed by atoms with Crippen LogP contribution < -0.4 is 0 Å². The van der Waals surface area contributed by atoms with E-state index in [4.69, 9.17) is 35.2 Å². The van der Waals surface area contributed by atoms with E-state index < -0.39 is 0 Å². The van der Waals surface area contributed by atoms with Crippen molar-refractivity contribution in [3.05, 3.63) is 121 Å². The number of benzene rings is 4. The first kappa shape index (κ1) is 28.7. The number of nitrogens with zero attached hydrogens (tertiary/aromatic N) is 4. The molecule has 0 saturated heterocycles. The third kappa shape index (κ3) is 5.96. The maximum absolute atomic E-state index is 4.90. The van der Waals surface area contributed by atoms with Gasteiger partial charge in [-0.3, -0.25) is 19.9 Å². The molecule has 0 saturated carbocycles. The Kier molecular flexibility index (Phi) is 8.65. The van der Waals surface area contributed by atoms with Crippen molar-refractivity contribution in [3.8, 4) is 22.3 Å². The summed E-state index contributed by atoms with van der Waals surface area (Å²) in [6.07, 6.45) is 0. The predicted molar refractivity (Wildman–Crippen MR) is 168 cm³/mol. The minimum Gasteiger partial charge on any atom is -0.760 e. The van der Waals surface area contributed by atoms with Crippen LogP contribution in [0.2, 0.25) is 0 Å². The fourth-order valence-corrected chi connectivity index (χ4v) is 5.20. The van der Waals surface area contributed by atoms with Crippen molar-refractivity contribution in [1.29, 1.82) is 0 Å². The zero-order chi connectivity index (χ0) is 27.6. The van der Waals surface area contributed by atoms with Crippen LogP contribution in [0.5, 0.6) is 0 Å². The number of hydrogen-bond donors (Lipinski definition) is 0. The Hall–Kier alpha value is -3.83. The van der Waals surface area contributed by atoms with Gasteiger partial charge in [-0.2, -0.15) is 0 Å². The van der Waals surface area contributed by atoms with E-state index in [9.17, 15) is 0 Å². The SMILES string of the molecule is Cc1cc(-c2ccccc2)c2ccc3c(-c4ccccc4)cc(C)nc3c2n1.[Pt+2].[S-]c1nc2ccccc2nc1[S-]. The van der Waals surface area contributed by atoms with E-state index in [0.717, 1.165) is 44.2 Å². The van der Waals surface area contributed by atoms with E-state index in [1.807, 2.05) is 36.4 Å². The average Bonchev–Trinajstić information content (AvgIpc) is 2.98. The van der Waals surface area contributed by atoms with Crippen molar-refractivity contribution in [1.82, 2.24) is 19.9 Å². The van der Waals surface area contributed by atoms with Crippen LogP contribution in [0.1, 0.15) is 11.4 Å². The fraction of sp³-hybridized carbons (Fsp3) is 0.0588. The molecule has 0 aliphatic carbocycles. The van der Waals surface area contributed by atoms with Crippen LogP contribution in [0.3, 0.4) is 0 Å². The van der Waals surface area contributed by atoms with Crippen LogP contribution in [-0.2, 0) is 46.3 Å². The van der Waals surface area contributed by atoms with Crippen molar-refractivity contribution >= 4 is 58.1 Å². The van der Waals surface area contributed by atoms with Crippen molar-refractivity contribution in [2.45, 2.75) is 23.9 Å². The summed E-state index contributed by atoms with van der Waals surface area (Å²) in [5, 5.41) is 3.09. The van der Waals surface area contributed by atoms with E-state index >= 15 is 0 Å². The maximum Gasteiger partial charge on any atom is 2.00 e. The van der Waals surface area contributed by atoms with Gasteiger partial charge in [0, 0.05) is 22.2 Å². The molecule has 3 aromatic heterocycles. The van der Waals surface area contributed by atoms with Crippen LogP contribution >= 0.6 is 0 Å². The molecule has 4 nitrogen and oxygen atoms in total. The van der Waals surface area contributed by atoms with Gasteiger partial charge in [-0.05, 0) is 60.4 Å². The first-order chi connectivity index (χ1) is 19.5. The Morgan fingerprint density at radius 3 is 1.22 bits per heavy atom. The second-order valence-electron chi connectivity index (χ2n) is 9.53. The zero-order valence-electron chi connectivity index (χ0n) is 22.3. The molecule has 7 rings (SSSR count). The molecule has 4 aromatic carbocycles. The summed E-state index contributed by atoms with van der Waals surface area (Å²) in [7, 11) is 0. The third-order valence-electron chi connectivity index (χ3n) is 6.69. The molecule has 0 N–H and O–H groups in total. The Balaban J connectivity index is 0.000000218. The van der Waals surface area contributed by atoms with Crippen LogP contribution in [0.15, 0.2) is 119 Å². The summed E-state index contributed by atoms with van der Waals surface area (Å²) in [5.41, 5.74) is 10.4. The van der Waals surface area contributed by atoms with Gasteiger partial charge in [-0.1, -0.05) is 95.0 Å². The zero-order valence-corrected chi connectivity index (χ0v) is 26.2. The van der Waals surface area contributed by atoms with Gasteiger partial charge in [0.05, 0.1) is 22.1 Å². The van der Waals surface area contributed by atoms with E-state index in [2.05, 4.69) is 96.6 Å². The summed E-state index contributed by atoms with van der Waals surface area (Å²) in [4.78, 5) is 18.1. The molecule has 0 aliphatic heterocycles. The van der Waals surface area contributed by atoms with Crippen LogP contribution in [-0.4, -0.2) is 19.9 Å². The van der Waals surface area contributed by atoms with E-state index in [1.54, 1.807) is 0 Å². The number of aryl methyl sites for hydroxylation is 2. The standard InChI is InChI=1S/C26H20N2.C8H6N2S2.Pt/c1-17-15-23(19-9-5-3-6-10-19)21-13-14-22-24(20-11-7-4-8-12-20)16-18(2)28-26(22)25(21)27-17;11-7-8(12)10-6-4-2-1-3-5(6)9-7;/h3-16H,1-2H3;1-4H,(H,9,11)(H,10,12);/q;;+2/p-2.